The molecule has 0 bridgehead atoms. The normalized spacial score (nSPS) is 23.1. The Balaban J connectivity index is 5.98. The SMILES string of the molecule is OCC(F)(Cl)C(F)(F)C(F)(Cl)C(F)(F)C(F)(Cl)C(F)F. The second-order valence-electron chi connectivity index (χ2n) is 3.51. The Morgan fingerprint density at radius 2 is 1.15 bits per heavy atom. The van der Waals surface area contributed by atoms with E-state index in [0.29, 0.717) is 0 Å². The smallest absolute Gasteiger partial charge is 0.354 e. The lowest BCUT2D eigenvalue weighted by molar-refractivity contribution is -0.281. The summed E-state index contributed by atoms with van der Waals surface area (Å²) >= 11 is 12.3. The van der Waals surface area contributed by atoms with Gasteiger partial charge in [-0.3, -0.25) is 0 Å². The van der Waals surface area contributed by atoms with Gasteiger partial charge < -0.3 is 5.11 Å². The number of hydrogen-bond acceptors (Lipinski definition) is 1. The molecule has 3 unspecified atom stereocenters. The summed E-state index contributed by atoms with van der Waals surface area (Å²) in [5.74, 6) is -12.7. The number of alkyl halides is 12. The Morgan fingerprint density at radius 3 is 1.40 bits per heavy atom. The Bertz CT molecular complexity index is 357. The summed E-state index contributed by atoms with van der Waals surface area (Å²) in [5.41, 5.74) is 0. The van der Waals surface area contributed by atoms with Crippen LogP contribution in [-0.2, 0) is 0 Å². The minimum Gasteiger partial charge on any atom is -0.391 e. The fraction of sp³-hybridized carbons (Fsp3) is 1.00. The van der Waals surface area contributed by atoms with Crippen molar-refractivity contribution in [1.82, 2.24) is 0 Å². The molecule has 13 heteroatoms. The van der Waals surface area contributed by atoms with Crippen LogP contribution in [0.3, 0.4) is 0 Å². The van der Waals surface area contributed by atoms with E-state index in [9.17, 15) is 39.5 Å². The second kappa shape index (κ2) is 5.44. The zero-order valence-electron chi connectivity index (χ0n) is 8.77. The van der Waals surface area contributed by atoms with Crippen molar-refractivity contribution in [3.63, 3.8) is 0 Å². The van der Waals surface area contributed by atoms with Gasteiger partial charge in [0.05, 0.1) is 6.61 Å². The minimum absolute atomic E-state index is 2.44. The lowest BCUT2D eigenvalue weighted by atomic mass is 9.98. The average Bonchev–Trinajstić information content (AvgIpc) is 2.27. The molecule has 0 aliphatic carbocycles. The molecule has 0 saturated carbocycles. The lowest BCUT2D eigenvalue weighted by Crippen LogP contribution is -2.68. The van der Waals surface area contributed by atoms with Crippen LogP contribution in [0, 0.1) is 0 Å². The molecule has 122 valence electrons. The van der Waals surface area contributed by atoms with E-state index in [1.165, 1.54) is 0 Å². The van der Waals surface area contributed by atoms with Gasteiger partial charge in [0.1, 0.15) is 0 Å². The fourth-order valence-corrected chi connectivity index (χ4v) is 1.52. The molecule has 0 radical (unpaired) electrons. The van der Waals surface area contributed by atoms with E-state index in [1.807, 2.05) is 0 Å². The molecule has 0 aliphatic heterocycles. The summed E-state index contributed by atoms with van der Waals surface area (Å²) in [6.07, 6.45) is -4.86. The van der Waals surface area contributed by atoms with Gasteiger partial charge in [0.15, 0.2) is 0 Å². The summed E-state index contributed by atoms with van der Waals surface area (Å²) in [5, 5.41) is -8.58. The molecule has 0 rings (SSSR count). The van der Waals surface area contributed by atoms with Crippen molar-refractivity contribution < 1.29 is 44.6 Å². The predicted molar refractivity (Wildman–Crippen MR) is 52.1 cm³/mol. The first-order valence-corrected chi connectivity index (χ1v) is 5.42. The van der Waals surface area contributed by atoms with E-state index in [1.54, 1.807) is 0 Å². The quantitative estimate of drug-likeness (QED) is 0.539. The fourth-order valence-electron chi connectivity index (χ4n) is 0.872. The molecule has 0 aromatic heterocycles. The van der Waals surface area contributed by atoms with Crippen molar-refractivity contribution in [3.8, 4) is 0 Å². The third kappa shape index (κ3) is 2.64. The van der Waals surface area contributed by atoms with Crippen molar-refractivity contribution in [3.05, 3.63) is 0 Å². The molecule has 3 atom stereocenters. The summed E-state index contributed by atoms with van der Waals surface area (Å²) in [4.78, 5) is 0. The monoisotopic (exact) mass is 380 g/mol. The number of rotatable bonds is 6. The van der Waals surface area contributed by atoms with E-state index in [4.69, 9.17) is 5.11 Å². The van der Waals surface area contributed by atoms with Gasteiger partial charge in [-0.25, -0.2) is 22.0 Å². The Hall–Kier alpha value is 0.200. The van der Waals surface area contributed by atoms with Gasteiger partial charge in [-0.05, 0) is 0 Å². The van der Waals surface area contributed by atoms with Gasteiger partial charge in [-0.15, -0.1) is 0 Å². The molecule has 1 nitrogen and oxygen atoms in total. The summed E-state index contributed by atoms with van der Waals surface area (Å²) in [6.45, 7) is -2.44. The zero-order valence-corrected chi connectivity index (χ0v) is 11.0. The van der Waals surface area contributed by atoms with E-state index >= 15 is 0 Å². The highest BCUT2D eigenvalue weighted by atomic mass is 35.5. The highest BCUT2D eigenvalue weighted by molar-refractivity contribution is 6.30. The van der Waals surface area contributed by atoms with Gasteiger partial charge in [0, 0.05) is 0 Å². The third-order valence-electron chi connectivity index (χ3n) is 2.14. The van der Waals surface area contributed by atoms with Crippen LogP contribution < -0.4 is 0 Å². The van der Waals surface area contributed by atoms with Crippen molar-refractivity contribution in [2.45, 2.75) is 33.7 Å². The summed E-state index contributed by atoms with van der Waals surface area (Å²) in [7, 11) is 0. The molecule has 0 aromatic carbocycles. The van der Waals surface area contributed by atoms with Crippen LogP contribution in [0.5, 0.6) is 0 Å². The van der Waals surface area contributed by atoms with Crippen LogP contribution in [0.2, 0.25) is 0 Å². The van der Waals surface area contributed by atoms with Crippen LogP contribution >= 0.6 is 34.8 Å². The van der Waals surface area contributed by atoms with Crippen molar-refractivity contribution in [2.75, 3.05) is 6.61 Å². The Morgan fingerprint density at radius 1 is 0.800 bits per heavy atom. The van der Waals surface area contributed by atoms with Crippen molar-refractivity contribution >= 4 is 34.8 Å². The molecule has 20 heavy (non-hydrogen) atoms. The van der Waals surface area contributed by atoms with E-state index < -0.39 is 40.3 Å². The molecular weight excluding hydrogens is 377 g/mol. The maximum atomic E-state index is 13.4. The third-order valence-corrected chi connectivity index (χ3v) is 3.37. The highest BCUT2D eigenvalue weighted by Gasteiger charge is 2.84. The summed E-state index contributed by atoms with van der Waals surface area (Å²) < 4.78 is 116. The molecule has 0 amide bonds. The zero-order chi connectivity index (χ0) is 16.8. The molecule has 0 heterocycles. The van der Waals surface area contributed by atoms with Gasteiger partial charge in [-0.1, -0.05) is 34.8 Å². The molecule has 1 N–H and O–H groups in total. The number of hydrogen-bond donors (Lipinski definition) is 1. The van der Waals surface area contributed by atoms with Gasteiger partial charge >= 0.3 is 22.1 Å². The summed E-state index contributed by atoms with van der Waals surface area (Å²) in [6, 6.07) is 0. The number of halogens is 12. The van der Waals surface area contributed by atoms with Gasteiger partial charge in [0.25, 0.3) is 11.6 Å². The van der Waals surface area contributed by atoms with Crippen LogP contribution in [0.25, 0.3) is 0 Å². The molecule has 0 fully saturated rings. The van der Waals surface area contributed by atoms with Crippen LogP contribution in [-0.4, -0.2) is 45.4 Å². The number of aliphatic hydroxyl groups excluding tert-OH is 1. The highest BCUT2D eigenvalue weighted by Crippen LogP contribution is 2.60. The van der Waals surface area contributed by atoms with Crippen LogP contribution in [0.1, 0.15) is 0 Å². The molecule has 0 aromatic rings. The van der Waals surface area contributed by atoms with E-state index in [0.717, 1.165) is 0 Å². The van der Waals surface area contributed by atoms with Crippen molar-refractivity contribution in [1.29, 1.82) is 0 Å². The number of aliphatic hydroxyl groups is 1. The van der Waals surface area contributed by atoms with E-state index in [-0.39, 0.29) is 0 Å². The van der Waals surface area contributed by atoms with Crippen LogP contribution in [0.15, 0.2) is 0 Å². The van der Waals surface area contributed by atoms with Crippen LogP contribution in [0.4, 0.5) is 39.5 Å². The Labute approximate surface area is 120 Å². The maximum Gasteiger partial charge on any atom is 0.354 e. The van der Waals surface area contributed by atoms with Gasteiger partial charge in [0.2, 0.25) is 0 Å². The van der Waals surface area contributed by atoms with Crippen molar-refractivity contribution in [2.24, 2.45) is 0 Å². The van der Waals surface area contributed by atoms with E-state index in [2.05, 4.69) is 34.8 Å². The standard InChI is InChI=1S/C7H4Cl3F9O/c8-3(13,1-20)6(16,17)5(10,15)7(18,19)4(9,14)2(11)12/h2,20H,1H2. The first-order valence-electron chi connectivity index (χ1n) is 4.28. The molecule has 0 spiro atoms. The van der Waals surface area contributed by atoms with Gasteiger partial charge in [-0.2, -0.15) is 17.6 Å². The topological polar surface area (TPSA) is 20.2 Å². The lowest BCUT2D eigenvalue weighted by Gasteiger charge is -2.41. The average molecular weight is 381 g/mol. The molecule has 0 saturated heterocycles. The first-order chi connectivity index (χ1) is 8.50. The largest absolute Gasteiger partial charge is 0.391 e. The molecular formula is C7H4Cl3F9O. The molecule has 0 aliphatic rings. The first kappa shape index (κ1) is 20.2. The minimum atomic E-state index is -6.48. The Kier molecular flexibility index (Phi) is 5.49. The predicted octanol–water partition coefficient (Wildman–Crippen LogP) is 4.23. The maximum absolute atomic E-state index is 13.4. The second-order valence-corrected chi connectivity index (χ2v) is 5.18.